The van der Waals surface area contributed by atoms with Gasteiger partial charge in [0.1, 0.15) is 0 Å². The van der Waals surface area contributed by atoms with Crippen LogP contribution in [0.1, 0.15) is 19.3 Å². The van der Waals surface area contributed by atoms with E-state index in [0.29, 0.717) is 18.4 Å². The van der Waals surface area contributed by atoms with E-state index in [4.69, 9.17) is 5.11 Å². The molecule has 0 amide bonds. The summed E-state index contributed by atoms with van der Waals surface area (Å²) in [6, 6.07) is 0. The van der Waals surface area contributed by atoms with Crippen molar-refractivity contribution in [1.29, 1.82) is 0 Å². The number of carbonyl (C=O) groups is 1. The Labute approximate surface area is 72.3 Å². The monoisotopic (exact) mass is 170 g/mol. The van der Waals surface area contributed by atoms with E-state index >= 15 is 0 Å². The highest BCUT2D eigenvalue weighted by Gasteiger charge is 2.05. The van der Waals surface area contributed by atoms with Gasteiger partial charge in [-0.3, -0.25) is 0 Å². The third-order valence-electron chi connectivity index (χ3n) is 1.37. The lowest BCUT2D eigenvalue weighted by Gasteiger charge is -2.01. The van der Waals surface area contributed by atoms with E-state index in [1.54, 1.807) is 0 Å². The molecule has 0 unspecified atom stereocenters. The number of aliphatic hydroxyl groups is 1. The summed E-state index contributed by atoms with van der Waals surface area (Å²) in [7, 11) is 0. The molecular weight excluding hydrogens is 156 g/mol. The van der Waals surface area contributed by atoms with Crippen LogP contribution in [0.4, 0.5) is 0 Å². The van der Waals surface area contributed by atoms with Crippen LogP contribution in [0, 0.1) is 0 Å². The Bertz CT molecular complexity index is 173. The topological polar surface area (TPSA) is 46.5 Å². The van der Waals surface area contributed by atoms with Crippen molar-refractivity contribution in [2.24, 2.45) is 0 Å². The van der Waals surface area contributed by atoms with E-state index in [2.05, 4.69) is 17.9 Å². The standard InChI is InChI=1S/C9H14O3/c1-3-12-9(11)8(2)6-4-5-7-10/h3,10H,1-2,4-7H2. The highest BCUT2D eigenvalue weighted by atomic mass is 16.5. The van der Waals surface area contributed by atoms with Crippen LogP contribution in [-0.2, 0) is 9.53 Å². The van der Waals surface area contributed by atoms with Gasteiger partial charge in [-0.2, -0.15) is 0 Å². The lowest BCUT2D eigenvalue weighted by molar-refractivity contribution is -0.133. The molecule has 0 aliphatic rings. The van der Waals surface area contributed by atoms with Crippen molar-refractivity contribution < 1.29 is 14.6 Å². The largest absolute Gasteiger partial charge is 0.432 e. The third-order valence-corrected chi connectivity index (χ3v) is 1.37. The number of ether oxygens (including phenoxy) is 1. The van der Waals surface area contributed by atoms with Crippen LogP contribution >= 0.6 is 0 Å². The predicted molar refractivity (Wildman–Crippen MR) is 46.4 cm³/mol. The number of hydrogen-bond acceptors (Lipinski definition) is 3. The fourth-order valence-corrected chi connectivity index (χ4v) is 0.711. The fraction of sp³-hybridized carbons (Fsp3) is 0.444. The van der Waals surface area contributed by atoms with Gasteiger partial charge in [-0.05, 0) is 19.3 Å². The highest BCUT2D eigenvalue weighted by Crippen LogP contribution is 2.06. The molecule has 0 atom stereocenters. The lowest BCUT2D eigenvalue weighted by Crippen LogP contribution is -2.02. The van der Waals surface area contributed by atoms with E-state index in [9.17, 15) is 4.79 Å². The SMILES string of the molecule is C=COC(=O)C(=C)CCCCO. The molecule has 0 spiro atoms. The van der Waals surface area contributed by atoms with Gasteiger partial charge in [0.05, 0.1) is 6.26 Å². The summed E-state index contributed by atoms with van der Waals surface area (Å²) < 4.78 is 4.50. The second-order valence-corrected chi connectivity index (χ2v) is 2.36. The number of rotatable bonds is 6. The molecule has 0 fully saturated rings. The van der Waals surface area contributed by atoms with Crippen LogP contribution in [0.5, 0.6) is 0 Å². The van der Waals surface area contributed by atoms with Crippen LogP contribution in [0.2, 0.25) is 0 Å². The van der Waals surface area contributed by atoms with Crippen LogP contribution in [-0.4, -0.2) is 17.7 Å². The molecule has 12 heavy (non-hydrogen) atoms. The maximum atomic E-state index is 10.9. The molecule has 68 valence electrons. The Morgan fingerprint density at radius 1 is 1.50 bits per heavy atom. The first-order valence-corrected chi connectivity index (χ1v) is 3.83. The van der Waals surface area contributed by atoms with Crippen molar-refractivity contribution in [3.63, 3.8) is 0 Å². The molecule has 3 nitrogen and oxygen atoms in total. The van der Waals surface area contributed by atoms with Gasteiger partial charge in [0.2, 0.25) is 0 Å². The van der Waals surface area contributed by atoms with Gasteiger partial charge in [-0.25, -0.2) is 4.79 Å². The number of unbranched alkanes of at least 4 members (excludes halogenated alkanes) is 1. The van der Waals surface area contributed by atoms with Crippen LogP contribution in [0.15, 0.2) is 25.0 Å². The summed E-state index contributed by atoms with van der Waals surface area (Å²) in [6.45, 7) is 6.94. The molecule has 0 aromatic carbocycles. The Morgan fingerprint density at radius 2 is 2.17 bits per heavy atom. The normalized spacial score (nSPS) is 9.08. The Morgan fingerprint density at radius 3 is 2.67 bits per heavy atom. The lowest BCUT2D eigenvalue weighted by atomic mass is 10.1. The molecule has 0 aliphatic carbocycles. The average Bonchev–Trinajstić information content (AvgIpc) is 2.05. The van der Waals surface area contributed by atoms with Crippen LogP contribution in [0.3, 0.4) is 0 Å². The number of aliphatic hydroxyl groups excluding tert-OH is 1. The molecule has 0 rings (SSSR count). The van der Waals surface area contributed by atoms with E-state index < -0.39 is 5.97 Å². The van der Waals surface area contributed by atoms with Gasteiger partial charge in [0.15, 0.2) is 0 Å². The van der Waals surface area contributed by atoms with Crippen molar-refractivity contribution in [2.45, 2.75) is 19.3 Å². The smallest absolute Gasteiger partial charge is 0.338 e. The zero-order chi connectivity index (χ0) is 9.40. The average molecular weight is 170 g/mol. The number of esters is 1. The summed E-state index contributed by atoms with van der Waals surface area (Å²) in [6.07, 6.45) is 3.08. The zero-order valence-electron chi connectivity index (χ0n) is 7.08. The van der Waals surface area contributed by atoms with Gasteiger partial charge in [-0.1, -0.05) is 13.2 Å². The second kappa shape index (κ2) is 6.61. The Hall–Kier alpha value is -1.09. The summed E-state index contributed by atoms with van der Waals surface area (Å²) in [4.78, 5) is 10.9. The van der Waals surface area contributed by atoms with Gasteiger partial charge >= 0.3 is 5.97 Å². The highest BCUT2D eigenvalue weighted by molar-refractivity contribution is 5.87. The van der Waals surface area contributed by atoms with Gasteiger partial charge in [-0.15, -0.1) is 0 Å². The fourth-order valence-electron chi connectivity index (χ4n) is 0.711. The minimum atomic E-state index is -0.442. The molecule has 0 heterocycles. The molecule has 0 aliphatic heterocycles. The molecule has 0 aromatic heterocycles. The van der Waals surface area contributed by atoms with Gasteiger partial charge in [0, 0.05) is 12.2 Å². The molecule has 1 N–H and O–H groups in total. The summed E-state index contributed by atoms with van der Waals surface area (Å²) in [5, 5.41) is 8.46. The molecule has 0 saturated heterocycles. The zero-order valence-corrected chi connectivity index (χ0v) is 7.08. The first-order valence-electron chi connectivity index (χ1n) is 3.83. The first-order chi connectivity index (χ1) is 5.72. The summed E-state index contributed by atoms with van der Waals surface area (Å²) in [5.74, 6) is -0.442. The van der Waals surface area contributed by atoms with E-state index in [1.807, 2.05) is 0 Å². The summed E-state index contributed by atoms with van der Waals surface area (Å²) in [5.41, 5.74) is 0.420. The van der Waals surface area contributed by atoms with Crippen molar-refractivity contribution in [3.8, 4) is 0 Å². The molecule has 0 saturated carbocycles. The molecular formula is C9H14O3. The quantitative estimate of drug-likeness (QED) is 0.283. The predicted octanol–water partition coefficient (Wildman–Crippen LogP) is 1.39. The van der Waals surface area contributed by atoms with Crippen molar-refractivity contribution in [2.75, 3.05) is 6.61 Å². The van der Waals surface area contributed by atoms with Gasteiger partial charge in [0.25, 0.3) is 0 Å². The number of hydrogen-bond donors (Lipinski definition) is 1. The van der Waals surface area contributed by atoms with E-state index in [1.165, 1.54) is 0 Å². The van der Waals surface area contributed by atoms with Crippen LogP contribution in [0.25, 0.3) is 0 Å². The summed E-state index contributed by atoms with van der Waals surface area (Å²) >= 11 is 0. The van der Waals surface area contributed by atoms with Crippen molar-refractivity contribution in [1.82, 2.24) is 0 Å². The van der Waals surface area contributed by atoms with Gasteiger partial charge < -0.3 is 9.84 Å². The second-order valence-electron chi connectivity index (χ2n) is 2.36. The Balaban J connectivity index is 3.57. The van der Waals surface area contributed by atoms with E-state index in [-0.39, 0.29) is 6.61 Å². The number of carbonyl (C=O) groups excluding carboxylic acids is 1. The maximum Gasteiger partial charge on any atom is 0.338 e. The van der Waals surface area contributed by atoms with Crippen molar-refractivity contribution in [3.05, 3.63) is 25.0 Å². The Kier molecular flexibility index (Phi) is 6.01. The van der Waals surface area contributed by atoms with E-state index in [0.717, 1.165) is 12.7 Å². The molecule has 0 aromatic rings. The molecule has 3 heteroatoms. The third kappa shape index (κ3) is 4.68. The first kappa shape index (κ1) is 10.9. The maximum absolute atomic E-state index is 10.9. The molecule has 0 radical (unpaired) electrons. The minimum Gasteiger partial charge on any atom is -0.432 e. The minimum absolute atomic E-state index is 0.143. The van der Waals surface area contributed by atoms with Crippen molar-refractivity contribution >= 4 is 5.97 Å². The molecule has 0 bridgehead atoms. The van der Waals surface area contributed by atoms with Crippen LogP contribution < -0.4 is 0 Å².